The maximum absolute atomic E-state index is 13.2. The number of carbonyl (C=O) groups is 2. The zero-order valence-corrected chi connectivity index (χ0v) is 25.7. The van der Waals surface area contributed by atoms with E-state index >= 15 is 0 Å². The molecule has 1 aromatic heterocycles. The summed E-state index contributed by atoms with van der Waals surface area (Å²) in [5.74, 6) is -2.28. The Kier molecular flexibility index (Phi) is 9.98. The largest absolute Gasteiger partial charge is 0.501 e. The summed E-state index contributed by atoms with van der Waals surface area (Å²) in [4.78, 5) is 44.7. The molecular formula is C28H41FN4O7Si. The first-order chi connectivity index (χ1) is 19.1. The molecule has 2 aromatic rings. The van der Waals surface area contributed by atoms with Crippen molar-refractivity contribution in [2.75, 3.05) is 13.7 Å². The molecule has 226 valence electrons. The van der Waals surface area contributed by atoms with Gasteiger partial charge in [0.15, 0.2) is 25.4 Å². The number of H-pyrrole nitrogens is 1. The number of nitrogens with one attached hydrogen (secondary N) is 3. The predicted octanol–water partition coefficient (Wildman–Crippen LogP) is 4.08. The van der Waals surface area contributed by atoms with Crippen LogP contribution in [0.4, 0.5) is 9.18 Å². The zero-order valence-electron chi connectivity index (χ0n) is 24.7. The third kappa shape index (κ3) is 7.51. The lowest BCUT2D eigenvalue weighted by molar-refractivity contribution is -0.154. The summed E-state index contributed by atoms with van der Waals surface area (Å²) in [6.07, 6.45) is 0.0850. The van der Waals surface area contributed by atoms with E-state index in [4.69, 9.17) is 13.9 Å². The lowest BCUT2D eigenvalue weighted by Gasteiger charge is -2.44. The predicted molar refractivity (Wildman–Crippen MR) is 153 cm³/mol. The van der Waals surface area contributed by atoms with E-state index < -0.39 is 48.7 Å². The van der Waals surface area contributed by atoms with Crippen LogP contribution in [0.1, 0.15) is 68.8 Å². The van der Waals surface area contributed by atoms with Crippen molar-refractivity contribution in [2.45, 2.75) is 89.4 Å². The number of carbonyl (C=O) groups excluding carboxylic acids is 2. The highest BCUT2D eigenvalue weighted by Crippen LogP contribution is 2.41. The van der Waals surface area contributed by atoms with Gasteiger partial charge in [-0.25, -0.2) is 14.2 Å². The van der Waals surface area contributed by atoms with E-state index in [-0.39, 0.29) is 42.6 Å². The summed E-state index contributed by atoms with van der Waals surface area (Å²) in [7, 11) is -0.707. The molecule has 3 unspecified atom stereocenters. The topological polar surface area (TPSA) is 152 Å². The number of benzene rings is 1. The van der Waals surface area contributed by atoms with Gasteiger partial charge >= 0.3 is 6.09 Å². The van der Waals surface area contributed by atoms with Gasteiger partial charge in [0.2, 0.25) is 5.75 Å². The van der Waals surface area contributed by atoms with E-state index in [1.54, 1.807) is 0 Å². The molecule has 1 aliphatic rings. The smallest absolute Gasteiger partial charge is 0.407 e. The molecule has 0 saturated carbocycles. The van der Waals surface area contributed by atoms with Crippen molar-refractivity contribution in [3.8, 4) is 5.75 Å². The van der Waals surface area contributed by atoms with Gasteiger partial charge in [-0.2, -0.15) is 0 Å². The van der Waals surface area contributed by atoms with Crippen LogP contribution in [0.2, 0.25) is 18.1 Å². The Hall–Kier alpha value is -3.29. The van der Waals surface area contributed by atoms with Crippen LogP contribution in [0, 0.1) is 5.82 Å². The highest BCUT2D eigenvalue weighted by Gasteiger charge is 2.47. The highest BCUT2D eigenvalue weighted by molar-refractivity contribution is 6.74. The second kappa shape index (κ2) is 12.7. The molecule has 1 aliphatic heterocycles. The molecule has 0 bridgehead atoms. The van der Waals surface area contributed by atoms with Crippen LogP contribution >= 0.6 is 0 Å². The average molecular weight is 593 g/mol. The van der Waals surface area contributed by atoms with Gasteiger partial charge in [-0.3, -0.25) is 9.59 Å². The van der Waals surface area contributed by atoms with Gasteiger partial charge in [-0.05, 0) is 55.1 Å². The van der Waals surface area contributed by atoms with Gasteiger partial charge in [-0.1, -0.05) is 39.8 Å². The normalized spacial score (nSPS) is 20.2. The van der Waals surface area contributed by atoms with Gasteiger partial charge in [0.1, 0.15) is 5.82 Å². The summed E-state index contributed by atoms with van der Waals surface area (Å²) >= 11 is 0. The van der Waals surface area contributed by atoms with Crippen molar-refractivity contribution in [3.63, 3.8) is 0 Å². The molecule has 1 saturated heterocycles. The van der Waals surface area contributed by atoms with Crippen LogP contribution in [0.15, 0.2) is 29.1 Å². The maximum atomic E-state index is 13.2. The van der Waals surface area contributed by atoms with Crippen molar-refractivity contribution in [1.29, 1.82) is 0 Å². The molecular weight excluding hydrogens is 551 g/mol. The first-order valence-corrected chi connectivity index (χ1v) is 16.6. The monoisotopic (exact) mass is 592 g/mol. The Labute approximate surface area is 240 Å². The Morgan fingerprint density at radius 1 is 1.29 bits per heavy atom. The quantitative estimate of drug-likeness (QED) is 0.318. The fraction of sp³-hybridized carbons (Fsp3) is 0.571. The molecule has 41 heavy (non-hydrogen) atoms. The Bertz CT molecular complexity index is 1290. The summed E-state index contributed by atoms with van der Waals surface area (Å²) in [5, 5.41) is 15.3. The second-order valence-electron chi connectivity index (χ2n) is 11.8. The van der Waals surface area contributed by atoms with Crippen molar-refractivity contribution < 1.29 is 33.0 Å². The number of alkyl carbamates (subject to hydrolysis) is 1. The SMILES string of the molecule is CCC(O[Si](C)(C)C(C)(C)C)C1CCC(OC(=O)NC)(c2nc(C(=O)NCc3ccc(F)cc3)c(O)c(=O)[nH]2)CO1. The maximum Gasteiger partial charge on any atom is 0.407 e. The third-order valence-corrected chi connectivity index (χ3v) is 12.3. The molecule has 3 atom stereocenters. The number of rotatable bonds is 9. The first-order valence-electron chi connectivity index (χ1n) is 13.7. The number of nitrogens with zero attached hydrogens (tertiary/aromatic N) is 1. The third-order valence-electron chi connectivity index (χ3n) is 7.83. The Morgan fingerprint density at radius 3 is 2.49 bits per heavy atom. The van der Waals surface area contributed by atoms with E-state index in [1.165, 1.54) is 31.3 Å². The number of hydrogen-bond donors (Lipinski definition) is 4. The second-order valence-corrected chi connectivity index (χ2v) is 16.5. The van der Waals surface area contributed by atoms with Crippen molar-refractivity contribution in [1.82, 2.24) is 20.6 Å². The number of aromatic nitrogens is 2. The van der Waals surface area contributed by atoms with Crippen LogP contribution in [0.3, 0.4) is 0 Å². The molecule has 2 heterocycles. The lowest BCUT2D eigenvalue weighted by atomic mass is 9.90. The summed E-state index contributed by atoms with van der Waals surface area (Å²) in [6, 6.07) is 5.48. The van der Waals surface area contributed by atoms with Crippen molar-refractivity contribution in [3.05, 3.63) is 57.5 Å². The summed E-state index contributed by atoms with van der Waals surface area (Å²) in [5.41, 5.74) is -2.46. The Morgan fingerprint density at radius 2 is 1.95 bits per heavy atom. The first kappa shape index (κ1) is 32.2. The summed E-state index contributed by atoms with van der Waals surface area (Å²) < 4.78 is 31.8. The molecule has 1 aromatic carbocycles. The van der Waals surface area contributed by atoms with Crippen LogP contribution in [-0.4, -0.2) is 61.3 Å². The highest BCUT2D eigenvalue weighted by atomic mass is 28.4. The van der Waals surface area contributed by atoms with E-state index in [9.17, 15) is 23.9 Å². The molecule has 13 heteroatoms. The van der Waals surface area contributed by atoms with E-state index in [1.807, 2.05) is 6.92 Å². The number of halogens is 1. The van der Waals surface area contributed by atoms with E-state index in [2.05, 4.69) is 54.5 Å². The molecule has 0 radical (unpaired) electrons. The minimum atomic E-state index is -2.10. The molecule has 0 aliphatic carbocycles. The number of aromatic amines is 1. The van der Waals surface area contributed by atoms with E-state index in [0.29, 0.717) is 18.4 Å². The van der Waals surface area contributed by atoms with Gasteiger partial charge in [0.05, 0.1) is 18.8 Å². The molecule has 2 amide bonds. The number of hydrogen-bond acceptors (Lipinski definition) is 8. The van der Waals surface area contributed by atoms with Crippen molar-refractivity contribution in [2.24, 2.45) is 0 Å². The molecule has 4 N–H and O–H groups in total. The fourth-order valence-corrected chi connectivity index (χ4v) is 5.73. The van der Waals surface area contributed by atoms with Crippen LogP contribution in [-0.2, 0) is 26.0 Å². The standard InChI is InChI=1S/C28H41FN4O7Si/c1-8-19(40-41(6,7)27(2,3)4)20-13-14-28(16-38-20,39-26(37)30-5)25-32-21(22(34)24(36)33-25)23(35)31-15-17-9-11-18(29)12-10-17/h9-12,19-20,34H,8,13-16H2,1-7H3,(H,30,37)(H,31,35)(H,32,33,36). The van der Waals surface area contributed by atoms with Gasteiger partial charge in [0.25, 0.3) is 11.5 Å². The molecule has 3 rings (SSSR count). The Balaban J connectivity index is 1.88. The zero-order chi connectivity index (χ0) is 30.6. The van der Waals surface area contributed by atoms with Gasteiger partial charge < -0.3 is 34.6 Å². The molecule has 11 nitrogen and oxygen atoms in total. The molecule has 0 spiro atoms. The average Bonchev–Trinajstić information content (AvgIpc) is 2.92. The summed E-state index contributed by atoms with van der Waals surface area (Å²) in [6.45, 7) is 12.7. The number of aromatic hydroxyl groups is 1. The minimum Gasteiger partial charge on any atom is -0.501 e. The molecule has 1 fully saturated rings. The number of ether oxygens (including phenoxy) is 2. The number of amides is 2. The van der Waals surface area contributed by atoms with Crippen LogP contribution in [0.25, 0.3) is 0 Å². The van der Waals surface area contributed by atoms with Crippen LogP contribution in [0.5, 0.6) is 5.75 Å². The van der Waals surface area contributed by atoms with Crippen molar-refractivity contribution >= 4 is 20.3 Å². The fourth-order valence-electron chi connectivity index (χ4n) is 4.30. The van der Waals surface area contributed by atoms with Gasteiger partial charge in [-0.15, -0.1) is 0 Å². The lowest BCUT2D eigenvalue weighted by Crippen LogP contribution is -2.52. The van der Waals surface area contributed by atoms with Crippen LogP contribution < -0.4 is 16.2 Å². The van der Waals surface area contributed by atoms with Gasteiger partial charge in [0, 0.05) is 13.6 Å². The van der Waals surface area contributed by atoms with E-state index in [0.717, 1.165) is 0 Å². The minimum absolute atomic E-state index is 0.000323.